The van der Waals surface area contributed by atoms with Crippen LogP contribution in [-0.4, -0.2) is 28.4 Å². The average Bonchev–Trinajstić information content (AvgIpc) is 2.44. The quantitative estimate of drug-likeness (QED) is 0.733. The van der Waals surface area contributed by atoms with Gasteiger partial charge in [0.15, 0.2) is 0 Å². The lowest BCUT2D eigenvalue weighted by atomic mass is 10.1. The first-order valence-electron chi connectivity index (χ1n) is 6.87. The molecule has 0 fully saturated rings. The van der Waals surface area contributed by atoms with Crippen molar-refractivity contribution in [3.63, 3.8) is 0 Å². The Kier molecular flexibility index (Phi) is 7.54. The number of aliphatic carboxylic acids is 1. The molecule has 0 aliphatic carbocycles. The second-order valence-electron chi connectivity index (χ2n) is 4.76. The molecule has 1 rings (SSSR count). The van der Waals surface area contributed by atoms with Crippen LogP contribution in [0.25, 0.3) is 0 Å². The van der Waals surface area contributed by atoms with E-state index in [1.807, 2.05) is 13.0 Å². The van der Waals surface area contributed by atoms with E-state index in [1.54, 1.807) is 17.0 Å². The zero-order valence-electron chi connectivity index (χ0n) is 11.9. The van der Waals surface area contributed by atoms with Crippen molar-refractivity contribution in [3.05, 3.63) is 33.8 Å². The Morgan fingerprint density at radius 1 is 1.14 bits per heavy atom. The molecule has 0 aliphatic rings. The third-order valence-corrected chi connectivity index (χ3v) is 3.86. The van der Waals surface area contributed by atoms with Crippen LogP contribution in [0.2, 0.25) is 10.0 Å². The third-order valence-electron chi connectivity index (χ3n) is 3.12. The highest BCUT2D eigenvalue weighted by Crippen LogP contribution is 2.23. The van der Waals surface area contributed by atoms with Gasteiger partial charge in [-0.25, -0.2) is 0 Å². The monoisotopic (exact) mass is 331 g/mol. The van der Waals surface area contributed by atoms with E-state index < -0.39 is 5.97 Å². The molecule has 0 aliphatic heterocycles. The number of hydrogen-bond donors (Lipinski definition) is 1. The molecule has 6 heteroatoms. The number of nitrogens with zero attached hydrogens (tertiary/aromatic N) is 1. The van der Waals surface area contributed by atoms with Crippen molar-refractivity contribution < 1.29 is 14.7 Å². The van der Waals surface area contributed by atoms with Gasteiger partial charge in [0, 0.05) is 25.9 Å². The number of benzene rings is 1. The van der Waals surface area contributed by atoms with Gasteiger partial charge in [0.05, 0.1) is 10.0 Å². The molecule has 0 heterocycles. The van der Waals surface area contributed by atoms with Crippen LogP contribution in [0, 0.1) is 0 Å². The first-order valence-corrected chi connectivity index (χ1v) is 7.63. The number of rotatable bonds is 8. The number of amides is 1. The van der Waals surface area contributed by atoms with Crippen molar-refractivity contribution in [2.45, 2.75) is 39.2 Å². The normalized spacial score (nSPS) is 10.4. The summed E-state index contributed by atoms with van der Waals surface area (Å²) in [5.74, 6) is -0.806. The molecule has 4 nitrogen and oxygen atoms in total. The van der Waals surface area contributed by atoms with E-state index in [0.29, 0.717) is 42.4 Å². The van der Waals surface area contributed by atoms with Gasteiger partial charge in [-0.1, -0.05) is 29.3 Å². The van der Waals surface area contributed by atoms with Crippen LogP contribution in [0.4, 0.5) is 0 Å². The van der Waals surface area contributed by atoms with Gasteiger partial charge < -0.3 is 10.0 Å². The molecule has 0 spiro atoms. The molecular formula is C15H19Cl2NO3. The summed E-state index contributed by atoms with van der Waals surface area (Å²) >= 11 is 11.8. The van der Waals surface area contributed by atoms with E-state index in [4.69, 9.17) is 28.3 Å². The Morgan fingerprint density at radius 3 is 2.38 bits per heavy atom. The number of carboxylic acids is 1. The smallest absolute Gasteiger partial charge is 0.303 e. The zero-order chi connectivity index (χ0) is 15.8. The average molecular weight is 332 g/mol. The van der Waals surface area contributed by atoms with E-state index in [2.05, 4.69) is 0 Å². The molecule has 116 valence electrons. The Balaban J connectivity index is 2.51. The molecule has 1 N–H and O–H groups in total. The lowest BCUT2D eigenvalue weighted by molar-refractivity contribution is -0.137. The maximum Gasteiger partial charge on any atom is 0.303 e. The maximum absolute atomic E-state index is 12.1. The summed E-state index contributed by atoms with van der Waals surface area (Å²) in [4.78, 5) is 24.2. The minimum Gasteiger partial charge on any atom is -0.481 e. The highest BCUT2D eigenvalue weighted by atomic mass is 35.5. The molecule has 1 aromatic rings. The Bertz CT molecular complexity index is 506. The predicted octanol–water partition coefficient (Wildman–Crippen LogP) is 3.99. The molecular weight excluding hydrogens is 313 g/mol. The van der Waals surface area contributed by atoms with Gasteiger partial charge in [0.1, 0.15) is 0 Å². The van der Waals surface area contributed by atoms with Crippen molar-refractivity contribution in [2.75, 3.05) is 6.54 Å². The van der Waals surface area contributed by atoms with E-state index in [9.17, 15) is 9.59 Å². The number of carbonyl (C=O) groups is 2. The number of carbonyl (C=O) groups excluding carboxylic acids is 1. The van der Waals surface area contributed by atoms with Crippen LogP contribution < -0.4 is 0 Å². The molecule has 1 amide bonds. The lowest BCUT2D eigenvalue weighted by Gasteiger charge is -2.21. The van der Waals surface area contributed by atoms with Gasteiger partial charge >= 0.3 is 5.97 Å². The summed E-state index contributed by atoms with van der Waals surface area (Å²) in [6.45, 7) is 2.98. The number of hydrogen-bond acceptors (Lipinski definition) is 2. The van der Waals surface area contributed by atoms with Crippen LogP contribution in [0.3, 0.4) is 0 Å². The first-order chi connectivity index (χ1) is 9.93. The van der Waals surface area contributed by atoms with E-state index >= 15 is 0 Å². The van der Waals surface area contributed by atoms with Gasteiger partial charge in [0.2, 0.25) is 5.91 Å². The Morgan fingerprint density at radius 2 is 1.81 bits per heavy atom. The molecule has 0 radical (unpaired) electrons. The van der Waals surface area contributed by atoms with Gasteiger partial charge in [-0.3, -0.25) is 9.59 Å². The molecule has 0 atom stereocenters. The Labute approximate surface area is 134 Å². The topological polar surface area (TPSA) is 57.6 Å². The molecule has 1 aromatic carbocycles. The van der Waals surface area contributed by atoms with Gasteiger partial charge in [0.25, 0.3) is 0 Å². The summed E-state index contributed by atoms with van der Waals surface area (Å²) in [5.41, 5.74) is 0.921. The fourth-order valence-corrected chi connectivity index (χ4v) is 2.27. The van der Waals surface area contributed by atoms with Gasteiger partial charge in [-0.2, -0.15) is 0 Å². The molecule has 0 saturated carbocycles. The fourth-order valence-electron chi connectivity index (χ4n) is 1.95. The van der Waals surface area contributed by atoms with E-state index in [0.717, 1.165) is 5.56 Å². The zero-order valence-corrected chi connectivity index (χ0v) is 13.5. The second kappa shape index (κ2) is 8.90. The molecule has 0 unspecified atom stereocenters. The van der Waals surface area contributed by atoms with Crippen LogP contribution in [0.15, 0.2) is 18.2 Å². The minimum atomic E-state index is -0.828. The third kappa shape index (κ3) is 6.36. The standard InChI is InChI=1S/C15H19Cl2NO3/c1-2-18(14(19)5-3-4-6-15(20)21)10-11-7-8-12(16)13(17)9-11/h7-9H,2-6,10H2,1H3,(H,20,21). The molecule has 0 bridgehead atoms. The fraction of sp³-hybridized carbons (Fsp3) is 0.467. The number of carboxylic acid groups (broad SMARTS) is 1. The van der Waals surface area contributed by atoms with Gasteiger partial charge in [-0.05, 0) is 37.5 Å². The van der Waals surface area contributed by atoms with Crippen molar-refractivity contribution in [1.82, 2.24) is 4.90 Å². The largest absolute Gasteiger partial charge is 0.481 e. The van der Waals surface area contributed by atoms with Crippen molar-refractivity contribution in [2.24, 2.45) is 0 Å². The molecule has 0 saturated heterocycles. The lowest BCUT2D eigenvalue weighted by Crippen LogP contribution is -2.30. The first kappa shape index (κ1) is 17.8. The summed E-state index contributed by atoms with van der Waals surface area (Å²) in [6, 6.07) is 5.31. The summed E-state index contributed by atoms with van der Waals surface area (Å²) in [6.07, 6.45) is 1.57. The summed E-state index contributed by atoms with van der Waals surface area (Å²) < 4.78 is 0. The predicted molar refractivity (Wildman–Crippen MR) is 83.7 cm³/mol. The molecule has 0 aromatic heterocycles. The minimum absolute atomic E-state index is 0.0222. The van der Waals surface area contributed by atoms with Crippen LogP contribution >= 0.6 is 23.2 Å². The van der Waals surface area contributed by atoms with Gasteiger partial charge in [-0.15, -0.1) is 0 Å². The number of unbranched alkanes of at least 4 members (excludes halogenated alkanes) is 1. The maximum atomic E-state index is 12.1. The van der Waals surface area contributed by atoms with Crippen molar-refractivity contribution >= 4 is 35.1 Å². The van der Waals surface area contributed by atoms with Crippen LogP contribution in [-0.2, 0) is 16.1 Å². The highest BCUT2D eigenvalue weighted by Gasteiger charge is 2.12. The van der Waals surface area contributed by atoms with Crippen LogP contribution in [0.1, 0.15) is 38.2 Å². The second-order valence-corrected chi connectivity index (χ2v) is 5.57. The van der Waals surface area contributed by atoms with E-state index in [1.165, 1.54) is 0 Å². The van der Waals surface area contributed by atoms with Crippen molar-refractivity contribution in [3.8, 4) is 0 Å². The Hall–Kier alpha value is -1.26. The summed E-state index contributed by atoms with van der Waals surface area (Å²) in [7, 11) is 0. The number of halogens is 2. The summed E-state index contributed by atoms with van der Waals surface area (Å²) in [5, 5.41) is 9.52. The SMILES string of the molecule is CCN(Cc1ccc(Cl)c(Cl)c1)C(=O)CCCCC(=O)O. The van der Waals surface area contributed by atoms with Crippen molar-refractivity contribution in [1.29, 1.82) is 0 Å². The molecule has 21 heavy (non-hydrogen) atoms. The van der Waals surface area contributed by atoms with Crippen LogP contribution in [0.5, 0.6) is 0 Å². The van der Waals surface area contributed by atoms with E-state index in [-0.39, 0.29) is 12.3 Å². The highest BCUT2D eigenvalue weighted by molar-refractivity contribution is 6.42.